The number of benzene rings is 2. The third-order valence-electron chi connectivity index (χ3n) is 4.17. The molecule has 1 saturated heterocycles. The summed E-state index contributed by atoms with van der Waals surface area (Å²) in [5.41, 5.74) is -4.22. The Morgan fingerprint density at radius 2 is 1.96 bits per heavy atom. The van der Waals surface area contributed by atoms with Gasteiger partial charge in [-0.1, -0.05) is 0 Å². The van der Waals surface area contributed by atoms with Crippen LogP contribution < -0.4 is 15.1 Å². The molecule has 0 bridgehead atoms. The summed E-state index contributed by atoms with van der Waals surface area (Å²) in [6, 6.07) is -1.43. The molecule has 142 valence electrons. The number of carbonyl (C=O) groups is 2. The van der Waals surface area contributed by atoms with Crippen molar-refractivity contribution >= 4 is 40.5 Å². The highest BCUT2D eigenvalue weighted by molar-refractivity contribution is 7.81. The van der Waals surface area contributed by atoms with E-state index in [1.54, 1.807) is 6.07 Å². The van der Waals surface area contributed by atoms with Crippen molar-refractivity contribution in [1.29, 1.82) is 5.26 Å². The number of thiocarbonyl (C=S) groups is 1. The van der Waals surface area contributed by atoms with Crippen molar-refractivity contribution in [3.63, 3.8) is 0 Å². The second kappa shape index (κ2) is 7.06. The highest BCUT2D eigenvalue weighted by atomic mass is 32.1. The standard InChI is InChI=1S/C21H20N4O2S/c1-13-11-17(10-7-15(13)12-22)24-19(27)21(2,3)25(20(24)28)16-8-5-14(6-9-16)18(26)23-4/h5-11H,1-4H3,(H,23,26)/i1D3,5D,6D,8D,9D,10D,11D. The summed E-state index contributed by atoms with van der Waals surface area (Å²) in [6.45, 7) is -0.202. The third-order valence-corrected chi connectivity index (χ3v) is 4.53. The number of nitriles is 1. The van der Waals surface area contributed by atoms with Gasteiger partial charge in [0, 0.05) is 22.4 Å². The van der Waals surface area contributed by atoms with Crippen molar-refractivity contribution in [3.05, 3.63) is 59.0 Å². The quantitative estimate of drug-likeness (QED) is 0.800. The normalized spacial score (nSPS) is 20.6. The second-order valence-corrected chi connectivity index (χ2v) is 6.65. The van der Waals surface area contributed by atoms with Crippen LogP contribution in [0.4, 0.5) is 11.4 Å². The van der Waals surface area contributed by atoms with E-state index in [2.05, 4.69) is 5.32 Å². The van der Waals surface area contributed by atoms with Crippen LogP contribution in [0.25, 0.3) is 0 Å². The van der Waals surface area contributed by atoms with Gasteiger partial charge in [-0.2, -0.15) is 5.26 Å². The summed E-state index contributed by atoms with van der Waals surface area (Å²) in [6.07, 6.45) is 0. The molecule has 6 nitrogen and oxygen atoms in total. The van der Waals surface area contributed by atoms with E-state index in [9.17, 15) is 14.9 Å². The highest BCUT2D eigenvalue weighted by Crippen LogP contribution is 2.36. The maximum Gasteiger partial charge on any atom is 0.259 e. The lowest BCUT2D eigenvalue weighted by atomic mass is 10.0. The largest absolute Gasteiger partial charge is 0.355 e. The molecule has 2 amide bonds. The van der Waals surface area contributed by atoms with Gasteiger partial charge in [0.05, 0.1) is 25.5 Å². The SMILES string of the molecule is [2H]c1cc(C#N)c(C([2H])([2H])[2H])c([2H])c1N1C(=O)C(C)(C)N(c2c([2H])c([2H])c(C(=O)NC)c([2H])c2[2H])C1=S. The van der Waals surface area contributed by atoms with Gasteiger partial charge in [0.25, 0.3) is 11.8 Å². The fourth-order valence-corrected chi connectivity index (χ4v) is 3.16. The van der Waals surface area contributed by atoms with Crippen molar-refractivity contribution in [2.75, 3.05) is 16.8 Å². The van der Waals surface area contributed by atoms with Gasteiger partial charge >= 0.3 is 0 Å². The Kier molecular flexibility index (Phi) is 2.76. The summed E-state index contributed by atoms with van der Waals surface area (Å²) < 4.78 is 73.6. The lowest BCUT2D eigenvalue weighted by Crippen LogP contribution is -2.44. The minimum atomic E-state index is -2.93. The van der Waals surface area contributed by atoms with E-state index in [1.165, 1.54) is 20.9 Å². The number of nitrogens with one attached hydrogen (secondary N) is 1. The van der Waals surface area contributed by atoms with Crippen LogP contribution in [0, 0.1) is 18.2 Å². The number of rotatable bonds is 3. The molecule has 0 radical (unpaired) electrons. The van der Waals surface area contributed by atoms with Gasteiger partial charge in [0.2, 0.25) is 0 Å². The molecular formula is C21H20N4O2S. The van der Waals surface area contributed by atoms with E-state index < -0.39 is 93.6 Å². The number of amides is 2. The van der Waals surface area contributed by atoms with Crippen molar-refractivity contribution in [2.45, 2.75) is 26.2 Å². The number of anilines is 2. The Hall–Kier alpha value is -3.24. The molecule has 1 N–H and O–H groups in total. The first-order valence-corrected chi connectivity index (χ1v) is 8.41. The molecular weight excluding hydrogens is 372 g/mol. The maximum absolute atomic E-state index is 13.6. The van der Waals surface area contributed by atoms with Crippen LogP contribution in [-0.2, 0) is 4.79 Å². The molecule has 2 aromatic carbocycles. The minimum absolute atomic E-state index is 0.420. The number of nitrogens with zero attached hydrogens (tertiary/aromatic N) is 3. The van der Waals surface area contributed by atoms with Crippen LogP contribution in [0.1, 0.15) is 47.7 Å². The molecule has 0 saturated carbocycles. The van der Waals surface area contributed by atoms with Gasteiger partial charge in [-0.3, -0.25) is 14.5 Å². The monoisotopic (exact) mass is 401 g/mol. The first-order valence-electron chi connectivity index (χ1n) is 12.5. The van der Waals surface area contributed by atoms with Crippen LogP contribution >= 0.6 is 12.2 Å². The Balaban J connectivity index is 2.34. The molecule has 0 unspecified atom stereocenters. The summed E-state index contributed by atoms with van der Waals surface area (Å²) in [7, 11) is 1.26. The summed E-state index contributed by atoms with van der Waals surface area (Å²) >= 11 is 5.47. The highest BCUT2D eigenvalue weighted by Gasteiger charge is 2.50. The molecule has 7 heteroatoms. The van der Waals surface area contributed by atoms with E-state index in [0.29, 0.717) is 0 Å². The van der Waals surface area contributed by atoms with E-state index in [-0.39, 0.29) is 0 Å². The average molecular weight is 402 g/mol. The van der Waals surface area contributed by atoms with Gasteiger partial charge in [-0.05, 0) is 80.8 Å². The van der Waals surface area contributed by atoms with Crippen LogP contribution in [0.5, 0.6) is 0 Å². The molecule has 0 aliphatic carbocycles. The van der Waals surface area contributed by atoms with Gasteiger partial charge in [-0.25, -0.2) is 0 Å². The van der Waals surface area contributed by atoms with Crippen molar-refractivity contribution in [1.82, 2.24) is 5.32 Å². The molecule has 28 heavy (non-hydrogen) atoms. The smallest absolute Gasteiger partial charge is 0.259 e. The Morgan fingerprint density at radius 1 is 1.29 bits per heavy atom. The van der Waals surface area contributed by atoms with Crippen molar-refractivity contribution in [3.8, 4) is 6.07 Å². The first kappa shape index (κ1) is 10.9. The summed E-state index contributed by atoms with van der Waals surface area (Å²) in [4.78, 5) is 27.5. The molecule has 3 rings (SSSR count). The van der Waals surface area contributed by atoms with E-state index in [4.69, 9.17) is 24.6 Å². The molecule has 1 heterocycles. The zero-order valence-corrected chi connectivity index (χ0v) is 16.0. The second-order valence-electron chi connectivity index (χ2n) is 6.28. The van der Waals surface area contributed by atoms with Gasteiger partial charge in [0.1, 0.15) is 5.54 Å². The lowest BCUT2D eigenvalue weighted by Gasteiger charge is -2.29. The average Bonchev–Trinajstić information content (AvgIpc) is 2.96. The molecule has 0 atom stereocenters. The van der Waals surface area contributed by atoms with E-state index in [1.807, 2.05) is 0 Å². The van der Waals surface area contributed by atoms with Crippen molar-refractivity contribution < 1.29 is 21.9 Å². The number of carbonyl (C=O) groups excluding carboxylic acids is 2. The topological polar surface area (TPSA) is 76.4 Å². The molecule has 1 aliphatic rings. The predicted molar refractivity (Wildman–Crippen MR) is 112 cm³/mol. The molecule has 0 spiro atoms. The Labute approximate surface area is 182 Å². The van der Waals surface area contributed by atoms with Gasteiger partial charge < -0.3 is 10.2 Å². The zero-order valence-electron chi connectivity index (χ0n) is 24.1. The number of hydrogen-bond donors (Lipinski definition) is 1. The van der Waals surface area contributed by atoms with Crippen LogP contribution in [0.2, 0.25) is 0 Å². The van der Waals surface area contributed by atoms with Gasteiger partial charge in [0.15, 0.2) is 5.11 Å². The van der Waals surface area contributed by atoms with Crippen LogP contribution in [0.15, 0.2) is 42.3 Å². The summed E-state index contributed by atoms with van der Waals surface area (Å²) in [5, 5.41) is 11.2. The van der Waals surface area contributed by atoms with Gasteiger partial charge in [-0.15, -0.1) is 0 Å². The fourth-order valence-electron chi connectivity index (χ4n) is 2.67. The van der Waals surface area contributed by atoms with Crippen LogP contribution in [0.3, 0.4) is 0 Å². The minimum Gasteiger partial charge on any atom is -0.355 e. The van der Waals surface area contributed by atoms with E-state index in [0.717, 1.165) is 15.9 Å². The zero-order chi connectivity index (χ0) is 28.4. The summed E-state index contributed by atoms with van der Waals surface area (Å²) in [5.74, 6) is -1.69. The predicted octanol–water partition coefficient (Wildman–Crippen LogP) is 3.14. The molecule has 1 fully saturated rings. The Bertz CT molecular complexity index is 1400. The Morgan fingerprint density at radius 3 is 2.54 bits per heavy atom. The van der Waals surface area contributed by atoms with Crippen molar-refractivity contribution in [2.24, 2.45) is 0 Å². The number of hydrogen-bond acceptors (Lipinski definition) is 4. The third kappa shape index (κ3) is 3.02. The van der Waals surface area contributed by atoms with Crippen LogP contribution in [-0.4, -0.2) is 29.5 Å². The van der Waals surface area contributed by atoms with E-state index >= 15 is 0 Å². The lowest BCUT2D eigenvalue weighted by molar-refractivity contribution is -0.120. The molecule has 1 aliphatic heterocycles. The molecule has 0 aromatic heterocycles. The maximum atomic E-state index is 13.6. The fraction of sp³-hybridized carbons (Fsp3) is 0.238. The first-order chi connectivity index (χ1) is 16.9. The molecule has 2 aromatic rings.